The van der Waals surface area contributed by atoms with Crippen molar-refractivity contribution >= 4 is 0 Å². The first-order chi connectivity index (χ1) is 8.06. The number of hydrogen-bond acceptors (Lipinski definition) is 2. The number of hydrogen-bond donors (Lipinski definition) is 1. The fraction of sp³-hybridized carbons (Fsp3) is 0.600. The lowest BCUT2D eigenvalue weighted by Crippen LogP contribution is -2.38. The van der Waals surface area contributed by atoms with Gasteiger partial charge >= 0.3 is 0 Å². The summed E-state index contributed by atoms with van der Waals surface area (Å²) in [6, 6.07) is 7.85. The highest BCUT2D eigenvalue weighted by Gasteiger charge is 2.39. The molecule has 1 aliphatic carbocycles. The number of aliphatic hydroxyl groups is 1. The van der Waals surface area contributed by atoms with E-state index in [9.17, 15) is 5.11 Å². The zero-order chi connectivity index (χ0) is 12.5. The van der Waals surface area contributed by atoms with Gasteiger partial charge < -0.3 is 9.84 Å². The molecular weight excluding hydrogens is 212 g/mol. The lowest BCUT2D eigenvalue weighted by Gasteiger charge is -2.41. The quantitative estimate of drug-likeness (QED) is 0.850. The molecule has 0 heterocycles. The van der Waals surface area contributed by atoms with Crippen LogP contribution < -0.4 is 4.74 Å². The lowest BCUT2D eigenvalue weighted by molar-refractivity contribution is -0.0588. The van der Waals surface area contributed by atoms with Crippen molar-refractivity contribution in [2.24, 2.45) is 11.8 Å². The monoisotopic (exact) mass is 234 g/mol. The molecule has 1 aliphatic rings. The average Bonchev–Trinajstić information content (AvgIpc) is 2.34. The van der Waals surface area contributed by atoms with Crippen LogP contribution in [0, 0.1) is 11.8 Å². The molecule has 1 aromatic rings. The second kappa shape index (κ2) is 4.69. The predicted molar refractivity (Wildman–Crippen MR) is 69.1 cm³/mol. The van der Waals surface area contributed by atoms with Crippen LogP contribution in [-0.2, 0) is 5.60 Å². The summed E-state index contributed by atoms with van der Waals surface area (Å²) in [5.41, 5.74) is 0.317. The molecule has 2 nitrogen and oxygen atoms in total. The third kappa shape index (κ3) is 2.32. The van der Waals surface area contributed by atoms with E-state index in [4.69, 9.17) is 4.74 Å². The maximum atomic E-state index is 10.9. The zero-order valence-corrected chi connectivity index (χ0v) is 10.9. The smallest absolute Gasteiger partial charge is 0.119 e. The molecule has 0 aliphatic heterocycles. The predicted octanol–water partition coefficient (Wildman–Crippen LogP) is 3.34. The van der Waals surface area contributed by atoms with E-state index >= 15 is 0 Å². The minimum Gasteiger partial charge on any atom is -0.497 e. The molecule has 17 heavy (non-hydrogen) atoms. The number of benzene rings is 1. The van der Waals surface area contributed by atoms with Crippen molar-refractivity contribution in [3.8, 4) is 5.75 Å². The highest BCUT2D eigenvalue weighted by molar-refractivity contribution is 5.33. The summed E-state index contributed by atoms with van der Waals surface area (Å²) in [6.07, 6.45) is 3.04. The highest BCUT2D eigenvalue weighted by Crippen LogP contribution is 2.44. The molecule has 1 N–H and O–H groups in total. The van der Waals surface area contributed by atoms with Gasteiger partial charge in [0.05, 0.1) is 12.7 Å². The molecule has 0 bridgehead atoms. The Morgan fingerprint density at radius 3 is 2.76 bits per heavy atom. The lowest BCUT2D eigenvalue weighted by atomic mass is 9.69. The molecule has 94 valence electrons. The Morgan fingerprint density at radius 1 is 1.35 bits per heavy atom. The Hall–Kier alpha value is -1.02. The molecule has 1 saturated carbocycles. The van der Waals surface area contributed by atoms with Gasteiger partial charge in [0, 0.05) is 0 Å². The van der Waals surface area contributed by atoms with Crippen molar-refractivity contribution in [3.63, 3.8) is 0 Å². The van der Waals surface area contributed by atoms with E-state index in [2.05, 4.69) is 13.8 Å². The fourth-order valence-electron chi connectivity index (χ4n) is 2.95. The van der Waals surface area contributed by atoms with Crippen LogP contribution >= 0.6 is 0 Å². The molecule has 3 atom stereocenters. The average molecular weight is 234 g/mol. The van der Waals surface area contributed by atoms with Crippen LogP contribution in [0.2, 0.25) is 0 Å². The largest absolute Gasteiger partial charge is 0.497 e. The van der Waals surface area contributed by atoms with Crippen LogP contribution in [0.4, 0.5) is 0 Å². The van der Waals surface area contributed by atoms with E-state index in [1.165, 1.54) is 0 Å². The van der Waals surface area contributed by atoms with Crippen molar-refractivity contribution in [2.45, 2.75) is 38.7 Å². The second-order valence-electron chi connectivity index (χ2n) is 5.44. The van der Waals surface area contributed by atoms with Gasteiger partial charge in [0.25, 0.3) is 0 Å². The summed E-state index contributed by atoms with van der Waals surface area (Å²) in [4.78, 5) is 0. The topological polar surface area (TPSA) is 29.5 Å². The van der Waals surface area contributed by atoms with Crippen molar-refractivity contribution in [1.29, 1.82) is 0 Å². The zero-order valence-electron chi connectivity index (χ0n) is 10.9. The summed E-state index contributed by atoms with van der Waals surface area (Å²) in [6.45, 7) is 4.41. The van der Waals surface area contributed by atoms with Crippen molar-refractivity contribution in [3.05, 3.63) is 29.8 Å². The SMILES string of the molecule is COc1cccc(C2(O)CCC(C)CC2C)c1. The number of methoxy groups -OCH3 is 1. The van der Waals surface area contributed by atoms with E-state index in [0.717, 1.165) is 36.5 Å². The first-order valence-electron chi connectivity index (χ1n) is 6.43. The Kier molecular flexibility index (Phi) is 3.43. The van der Waals surface area contributed by atoms with Gasteiger partial charge in [-0.25, -0.2) is 0 Å². The molecule has 0 radical (unpaired) electrons. The maximum absolute atomic E-state index is 10.9. The van der Waals surface area contributed by atoms with Crippen LogP contribution in [0.15, 0.2) is 24.3 Å². The molecule has 0 saturated heterocycles. The van der Waals surface area contributed by atoms with Gasteiger partial charge in [-0.3, -0.25) is 0 Å². The van der Waals surface area contributed by atoms with Gasteiger partial charge in [0.15, 0.2) is 0 Å². The van der Waals surface area contributed by atoms with E-state index in [1.807, 2.05) is 24.3 Å². The van der Waals surface area contributed by atoms with E-state index in [0.29, 0.717) is 5.92 Å². The molecule has 1 fully saturated rings. The fourth-order valence-corrected chi connectivity index (χ4v) is 2.95. The molecule has 0 amide bonds. The first-order valence-corrected chi connectivity index (χ1v) is 6.43. The van der Waals surface area contributed by atoms with Crippen molar-refractivity contribution < 1.29 is 9.84 Å². The van der Waals surface area contributed by atoms with E-state index in [-0.39, 0.29) is 0 Å². The van der Waals surface area contributed by atoms with Crippen molar-refractivity contribution in [1.82, 2.24) is 0 Å². The Morgan fingerprint density at radius 2 is 2.12 bits per heavy atom. The van der Waals surface area contributed by atoms with Gasteiger partial charge in [-0.2, -0.15) is 0 Å². The third-order valence-electron chi connectivity index (χ3n) is 4.16. The highest BCUT2D eigenvalue weighted by atomic mass is 16.5. The molecule has 0 spiro atoms. The summed E-state index contributed by atoms with van der Waals surface area (Å²) in [7, 11) is 1.66. The minimum absolute atomic E-state index is 0.304. The van der Waals surface area contributed by atoms with E-state index < -0.39 is 5.60 Å². The van der Waals surface area contributed by atoms with Crippen LogP contribution in [-0.4, -0.2) is 12.2 Å². The molecule has 2 heteroatoms. The van der Waals surface area contributed by atoms with Gasteiger partial charge in [-0.1, -0.05) is 26.0 Å². The van der Waals surface area contributed by atoms with E-state index in [1.54, 1.807) is 7.11 Å². The maximum Gasteiger partial charge on any atom is 0.119 e. The molecule has 0 aromatic heterocycles. The summed E-state index contributed by atoms with van der Waals surface area (Å²) in [5.74, 6) is 1.84. The standard InChI is InChI=1S/C15H22O2/c1-11-7-8-15(16,12(2)9-11)13-5-4-6-14(10-13)17-3/h4-6,10-12,16H,7-9H2,1-3H3. The van der Waals surface area contributed by atoms with Gasteiger partial charge in [0.1, 0.15) is 5.75 Å². The van der Waals surface area contributed by atoms with Gasteiger partial charge in [-0.15, -0.1) is 0 Å². The minimum atomic E-state index is -0.680. The van der Waals surface area contributed by atoms with Gasteiger partial charge in [0.2, 0.25) is 0 Å². The molecule has 3 unspecified atom stereocenters. The summed E-state index contributed by atoms with van der Waals surface area (Å²) >= 11 is 0. The van der Waals surface area contributed by atoms with Crippen LogP contribution in [0.3, 0.4) is 0 Å². The molecular formula is C15H22O2. The van der Waals surface area contributed by atoms with Crippen LogP contribution in [0.1, 0.15) is 38.7 Å². The second-order valence-corrected chi connectivity index (χ2v) is 5.44. The van der Waals surface area contributed by atoms with Gasteiger partial charge in [-0.05, 0) is 48.8 Å². The summed E-state index contributed by atoms with van der Waals surface area (Å²) in [5, 5.41) is 10.9. The third-order valence-corrected chi connectivity index (χ3v) is 4.16. The normalized spacial score (nSPS) is 33.4. The number of rotatable bonds is 2. The Balaban J connectivity index is 2.30. The van der Waals surface area contributed by atoms with Crippen LogP contribution in [0.5, 0.6) is 5.75 Å². The summed E-state index contributed by atoms with van der Waals surface area (Å²) < 4.78 is 5.24. The van der Waals surface area contributed by atoms with Crippen LogP contribution in [0.25, 0.3) is 0 Å². The molecule has 2 rings (SSSR count). The van der Waals surface area contributed by atoms with Crippen molar-refractivity contribution in [2.75, 3.05) is 7.11 Å². The molecule has 1 aromatic carbocycles. The Labute approximate surface area is 104 Å². The Bertz CT molecular complexity index is 388. The number of ether oxygens (including phenoxy) is 1. The first kappa shape index (κ1) is 12.4.